The molecule has 8 heteroatoms. The molecule has 0 spiro atoms. The predicted octanol–water partition coefficient (Wildman–Crippen LogP) is 4.61. The fourth-order valence-electron chi connectivity index (χ4n) is 5.55. The molecular formula is C30H31N3O5. The number of para-hydroxylation sites is 3. The van der Waals surface area contributed by atoms with Gasteiger partial charge in [0.2, 0.25) is 17.7 Å². The number of rotatable bonds is 8. The summed E-state index contributed by atoms with van der Waals surface area (Å²) in [6.45, 7) is 5.17. The third-order valence-electron chi connectivity index (χ3n) is 7.44. The minimum absolute atomic E-state index is 0.105. The zero-order valence-corrected chi connectivity index (χ0v) is 21.6. The molecule has 0 saturated heterocycles. The van der Waals surface area contributed by atoms with E-state index in [1.807, 2.05) is 0 Å². The fourth-order valence-corrected chi connectivity index (χ4v) is 5.55. The Hall–Kier alpha value is -4.46. The smallest absolute Gasteiger partial charge is 0.304 e. The van der Waals surface area contributed by atoms with Crippen LogP contribution in [0.1, 0.15) is 39.2 Å². The molecule has 8 nitrogen and oxygen atoms in total. The van der Waals surface area contributed by atoms with Gasteiger partial charge in [0.05, 0.1) is 17.8 Å². The second kappa shape index (κ2) is 10.1. The lowest BCUT2D eigenvalue weighted by Crippen LogP contribution is -2.64. The number of hydrogen-bond acceptors (Lipinski definition) is 4. The van der Waals surface area contributed by atoms with E-state index in [9.17, 15) is 24.3 Å². The predicted molar refractivity (Wildman–Crippen MR) is 145 cm³/mol. The summed E-state index contributed by atoms with van der Waals surface area (Å²) in [7, 11) is 0. The largest absolute Gasteiger partial charge is 0.481 e. The third-order valence-corrected chi connectivity index (χ3v) is 7.44. The summed E-state index contributed by atoms with van der Waals surface area (Å²) in [4.78, 5) is 57.8. The van der Waals surface area contributed by atoms with Crippen molar-refractivity contribution in [3.63, 3.8) is 0 Å². The zero-order chi connectivity index (χ0) is 27.7. The van der Waals surface area contributed by atoms with E-state index in [-0.39, 0.29) is 12.1 Å². The summed E-state index contributed by atoms with van der Waals surface area (Å²) in [5, 5.41) is 9.95. The number of nitrogens with zero attached hydrogens (tertiary/aromatic N) is 2. The zero-order valence-electron chi connectivity index (χ0n) is 21.6. The van der Waals surface area contributed by atoms with Gasteiger partial charge in [-0.15, -0.1) is 0 Å². The summed E-state index contributed by atoms with van der Waals surface area (Å²) in [6, 6.07) is 24.2. The molecule has 1 aliphatic heterocycles. The van der Waals surface area contributed by atoms with Gasteiger partial charge in [-0.05, 0) is 42.2 Å². The maximum absolute atomic E-state index is 14.8. The lowest BCUT2D eigenvalue weighted by molar-refractivity contribution is -0.151. The van der Waals surface area contributed by atoms with Crippen LogP contribution < -0.4 is 15.5 Å². The number of hydrogen-bond donors (Lipinski definition) is 2. The van der Waals surface area contributed by atoms with Gasteiger partial charge in [-0.25, -0.2) is 0 Å². The Balaban J connectivity index is 2.18. The second-order valence-electron chi connectivity index (χ2n) is 9.76. The van der Waals surface area contributed by atoms with Crippen LogP contribution in [0, 0.1) is 11.3 Å². The van der Waals surface area contributed by atoms with Crippen molar-refractivity contribution in [2.24, 2.45) is 17.1 Å². The van der Waals surface area contributed by atoms with Crippen LogP contribution in [0.4, 0.5) is 17.1 Å². The number of carboxylic acid groups (broad SMARTS) is 1. The number of amides is 3. The molecule has 1 aliphatic rings. The van der Waals surface area contributed by atoms with E-state index in [1.165, 1.54) is 9.80 Å². The van der Waals surface area contributed by atoms with Gasteiger partial charge in [-0.2, -0.15) is 0 Å². The van der Waals surface area contributed by atoms with E-state index >= 15 is 0 Å². The minimum atomic E-state index is -2.01. The van der Waals surface area contributed by atoms with Crippen molar-refractivity contribution in [3.8, 4) is 0 Å². The molecule has 0 fully saturated rings. The average molecular weight is 514 g/mol. The van der Waals surface area contributed by atoms with Gasteiger partial charge in [0.1, 0.15) is 5.41 Å². The Morgan fingerprint density at radius 2 is 1.39 bits per heavy atom. The third kappa shape index (κ3) is 3.93. The Kier molecular flexibility index (Phi) is 7.09. The van der Waals surface area contributed by atoms with Crippen LogP contribution >= 0.6 is 0 Å². The first-order valence-electron chi connectivity index (χ1n) is 12.5. The van der Waals surface area contributed by atoms with Crippen molar-refractivity contribution < 1.29 is 24.3 Å². The summed E-state index contributed by atoms with van der Waals surface area (Å²) in [6.07, 6.45) is -0.858. The van der Waals surface area contributed by atoms with E-state index in [0.717, 1.165) is 0 Å². The maximum atomic E-state index is 14.8. The highest BCUT2D eigenvalue weighted by atomic mass is 16.4. The molecule has 196 valence electrons. The van der Waals surface area contributed by atoms with E-state index in [1.54, 1.807) is 106 Å². The first kappa shape index (κ1) is 26.6. The first-order valence-corrected chi connectivity index (χ1v) is 12.5. The first-order chi connectivity index (χ1) is 18.1. The Morgan fingerprint density at radius 3 is 1.89 bits per heavy atom. The number of carbonyl (C=O) groups is 4. The number of fused-ring (bicyclic) bond motifs is 1. The highest BCUT2D eigenvalue weighted by Gasteiger charge is 2.60. The van der Waals surface area contributed by atoms with Crippen molar-refractivity contribution in [1.29, 1.82) is 0 Å². The normalized spacial score (nSPS) is 19.1. The number of primary amides is 1. The van der Waals surface area contributed by atoms with Crippen molar-refractivity contribution >= 4 is 40.8 Å². The van der Waals surface area contributed by atoms with E-state index < -0.39 is 47.0 Å². The molecule has 3 aromatic carbocycles. The number of anilines is 3. The number of nitrogens with two attached hydrogens (primary N) is 1. The summed E-state index contributed by atoms with van der Waals surface area (Å²) in [5.74, 6) is -4.10. The molecule has 38 heavy (non-hydrogen) atoms. The van der Waals surface area contributed by atoms with Gasteiger partial charge in [-0.3, -0.25) is 29.0 Å². The highest BCUT2D eigenvalue weighted by molar-refractivity contribution is 6.25. The molecular weight excluding hydrogens is 482 g/mol. The standard InChI is InChI=1S/C30H31N3O5/c1-4-29(19-25(34)35)27(37)32(22-15-9-6-10-16-22)23-17-11-12-18-24(23)33(28(29)38)30(20(2)3,26(31)36)21-13-7-5-8-14-21/h5-18,20H,4,19H2,1-3H3,(H2,31,36)(H,34,35). The van der Waals surface area contributed by atoms with E-state index in [2.05, 4.69) is 0 Å². The molecule has 2 unspecified atom stereocenters. The monoisotopic (exact) mass is 513 g/mol. The van der Waals surface area contributed by atoms with Crippen LogP contribution in [0.25, 0.3) is 0 Å². The van der Waals surface area contributed by atoms with Gasteiger partial charge in [0.15, 0.2) is 5.54 Å². The van der Waals surface area contributed by atoms with Crippen molar-refractivity contribution in [1.82, 2.24) is 0 Å². The van der Waals surface area contributed by atoms with Gasteiger partial charge >= 0.3 is 5.97 Å². The van der Waals surface area contributed by atoms with Crippen LogP contribution in [-0.4, -0.2) is 28.8 Å². The number of carboxylic acids is 1. The molecule has 0 bridgehead atoms. The molecule has 3 aromatic rings. The van der Waals surface area contributed by atoms with Crippen LogP contribution in [0.5, 0.6) is 0 Å². The maximum Gasteiger partial charge on any atom is 0.304 e. The molecule has 1 heterocycles. The Bertz CT molecular complexity index is 1370. The molecule has 2 atom stereocenters. The van der Waals surface area contributed by atoms with Crippen molar-refractivity contribution in [3.05, 3.63) is 90.5 Å². The van der Waals surface area contributed by atoms with Gasteiger partial charge < -0.3 is 10.8 Å². The molecule has 3 amide bonds. The molecule has 0 aromatic heterocycles. The van der Waals surface area contributed by atoms with Gasteiger partial charge in [-0.1, -0.05) is 81.4 Å². The van der Waals surface area contributed by atoms with Crippen LogP contribution in [-0.2, 0) is 24.7 Å². The molecule has 0 radical (unpaired) electrons. The van der Waals surface area contributed by atoms with E-state index in [4.69, 9.17) is 5.73 Å². The number of carbonyl (C=O) groups excluding carboxylic acids is 3. The van der Waals surface area contributed by atoms with Crippen LogP contribution in [0.2, 0.25) is 0 Å². The highest BCUT2D eigenvalue weighted by Crippen LogP contribution is 2.51. The van der Waals surface area contributed by atoms with E-state index in [0.29, 0.717) is 16.9 Å². The van der Waals surface area contributed by atoms with Gasteiger partial charge in [0.25, 0.3) is 0 Å². The summed E-state index contributed by atoms with van der Waals surface area (Å²) < 4.78 is 0. The van der Waals surface area contributed by atoms with Crippen molar-refractivity contribution in [2.45, 2.75) is 39.2 Å². The van der Waals surface area contributed by atoms with Crippen molar-refractivity contribution in [2.75, 3.05) is 9.80 Å². The fraction of sp³-hybridized carbons (Fsp3) is 0.267. The molecule has 0 aliphatic carbocycles. The number of benzene rings is 3. The van der Waals surface area contributed by atoms with Crippen LogP contribution in [0.3, 0.4) is 0 Å². The summed E-state index contributed by atoms with van der Waals surface area (Å²) >= 11 is 0. The average Bonchev–Trinajstić information content (AvgIpc) is 2.97. The van der Waals surface area contributed by atoms with Crippen LogP contribution in [0.15, 0.2) is 84.9 Å². The summed E-state index contributed by atoms with van der Waals surface area (Å²) in [5.41, 5.74) is 4.00. The lowest BCUT2D eigenvalue weighted by Gasteiger charge is -2.46. The Labute approximate surface area is 221 Å². The minimum Gasteiger partial charge on any atom is -0.481 e. The molecule has 3 N–H and O–H groups in total. The number of aliphatic carboxylic acids is 1. The topological polar surface area (TPSA) is 121 Å². The Morgan fingerprint density at radius 1 is 0.868 bits per heavy atom. The molecule has 0 saturated carbocycles. The second-order valence-corrected chi connectivity index (χ2v) is 9.76. The van der Waals surface area contributed by atoms with Gasteiger partial charge in [0, 0.05) is 5.69 Å². The molecule has 4 rings (SSSR count). The quantitative estimate of drug-likeness (QED) is 0.426. The SMILES string of the molecule is CCC1(CC(=O)O)C(=O)N(c2ccccc2)c2ccccc2N(C(C(N)=O)(c2ccccc2)C(C)C)C1=O. The lowest BCUT2D eigenvalue weighted by atomic mass is 9.73.